The average Bonchev–Trinajstić information content (AvgIpc) is 2.33. The second kappa shape index (κ2) is 5.38. The van der Waals surface area contributed by atoms with Crippen LogP contribution in [0.2, 0.25) is 0 Å². The summed E-state index contributed by atoms with van der Waals surface area (Å²) in [5.41, 5.74) is 0.718. The molecule has 1 aliphatic carbocycles. The molecule has 1 aromatic rings. The fraction of sp³-hybridized carbons (Fsp3) is 0.538. The number of benzene rings is 1. The Labute approximate surface area is 108 Å². The molecule has 0 aromatic heterocycles. The second-order valence-corrected chi connectivity index (χ2v) is 6.93. The van der Waals surface area contributed by atoms with Gasteiger partial charge in [0.15, 0.2) is 0 Å². The maximum absolute atomic E-state index is 12.3. The Hall–Kier alpha value is -0.910. The lowest BCUT2D eigenvalue weighted by Gasteiger charge is -2.29. The zero-order chi connectivity index (χ0) is 13.2. The summed E-state index contributed by atoms with van der Waals surface area (Å²) >= 11 is 0. The van der Waals surface area contributed by atoms with Gasteiger partial charge in [-0.3, -0.25) is 0 Å². The third-order valence-corrected chi connectivity index (χ3v) is 5.39. The molecule has 0 atom stereocenters. The summed E-state index contributed by atoms with van der Waals surface area (Å²) in [6.07, 6.45) is 3.47. The second-order valence-electron chi connectivity index (χ2n) is 4.88. The Kier molecular flexibility index (Phi) is 4.04. The molecule has 18 heavy (non-hydrogen) atoms. The lowest BCUT2D eigenvalue weighted by molar-refractivity contribution is 0.263. The van der Waals surface area contributed by atoms with Crippen LogP contribution < -0.4 is 0 Å². The van der Waals surface area contributed by atoms with E-state index < -0.39 is 10.0 Å². The molecular weight excluding hydrogens is 250 g/mol. The van der Waals surface area contributed by atoms with Crippen molar-refractivity contribution in [3.05, 3.63) is 29.8 Å². The fourth-order valence-electron chi connectivity index (χ4n) is 2.08. The van der Waals surface area contributed by atoms with Crippen LogP contribution in [-0.4, -0.2) is 31.4 Å². The molecule has 0 unspecified atom stereocenters. The first kappa shape index (κ1) is 13.5. The number of hydrogen-bond acceptors (Lipinski definition) is 3. The maximum atomic E-state index is 12.3. The minimum Gasteiger partial charge on any atom is -0.392 e. The predicted molar refractivity (Wildman–Crippen MR) is 69.5 cm³/mol. The van der Waals surface area contributed by atoms with Gasteiger partial charge in [0.2, 0.25) is 10.0 Å². The lowest BCUT2D eigenvalue weighted by atomic mass is 9.86. The van der Waals surface area contributed by atoms with E-state index in [2.05, 4.69) is 0 Å². The third-order valence-electron chi connectivity index (χ3n) is 3.55. The lowest BCUT2D eigenvalue weighted by Crippen LogP contribution is -2.34. The Bertz CT molecular complexity index is 491. The summed E-state index contributed by atoms with van der Waals surface area (Å²) in [5.74, 6) is 0.515. The van der Waals surface area contributed by atoms with Crippen LogP contribution in [0.4, 0.5) is 0 Å². The largest absolute Gasteiger partial charge is 0.392 e. The molecule has 2 rings (SSSR count). The van der Waals surface area contributed by atoms with Crippen molar-refractivity contribution in [2.45, 2.75) is 30.8 Å². The van der Waals surface area contributed by atoms with Gasteiger partial charge in [0.1, 0.15) is 0 Å². The van der Waals surface area contributed by atoms with Crippen LogP contribution >= 0.6 is 0 Å². The summed E-state index contributed by atoms with van der Waals surface area (Å²) in [5, 5.41) is 8.94. The van der Waals surface area contributed by atoms with Crippen molar-refractivity contribution in [1.82, 2.24) is 4.31 Å². The number of rotatable bonds is 5. The topological polar surface area (TPSA) is 57.6 Å². The van der Waals surface area contributed by atoms with E-state index in [0.717, 1.165) is 18.4 Å². The van der Waals surface area contributed by atoms with E-state index in [0.29, 0.717) is 17.4 Å². The first-order valence-corrected chi connectivity index (χ1v) is 7.64. The van der Waals surface area contributed by atoms with Crippen LogP contribution in [-0.2, 0) is 16.6 Å². The number of aliphatic hydroxyl groups is 1. The van der Waals surface area contributed by atoms with E-state index in [1.165, 1.54) is 10.7 Å². The van der Waals surface area contributed by atoms with Gasteiger partial charge in [0, 0.05) is 13.6 Å². The summed E-state index contributed by atoms with van der Waals surface area (Å²) in [7, 11) is -1.75. The van der Waals surface area contributed by atoms with Crippen molar-refractivity contribution in [2.75, 3.05) is 13.6 Å². The first-order valence-electron chi connectivity index (χ1n) is 6.20. The number of aliphatic hydroxyl groups excluding tert-OH is 1. The van der Waals surface area contributed by atoms with Crippen molar-refractivity contribution < 1.29 is 13.5 Å². The van der Waals surface area contributed by atoms with E-state index in [-0.39, 0.29) is 6.61 Å². The molecule has 0 radical (unpaired) electrons. The summed E-state index contributed by atoms with van der Waals surface area (Å²) in [4.78, 5) is 0.293. The van der Waals surface area contributed by atoms with Crippen molar-refractivity contribution in [1.29, 1.82) is 0 Å². The molecule has 0 heterocycles. The molecular formula is C13H19NO3S. The molecule has 4 nitrogen and oxygen atoms in total. The monoisotopic (exact) mass is 269 g/mol. The van der Waals surface area contributed by atoms with E-state index in [1.807, 2.05) is 0 Å². The molecule has 1 aliphatic rings. The quantitative estimate of drug-likeness (QED) is 0.883. The van der Waals surface area contributed by atoms with Crippen LogP contribution in [0.1, 0.15) is 24.8 Å². The van der Waals surface area contributed by atoms with Crippen LogP contribution in [0.3, 0.4) is 0 Å². The van der Waals surface area contributed by atoms with Gasteiger partial charge in [-0.05, 0) is 36.5 Å². The minimum absolute atomic E-state index is 0.0712. The van der Waals surface area contributed by atoms with Gasteiger partial charge in [-0.2, -0.15) is 0 Å². The summed E-state index contributed by atoms with van der Waals surface area (Å²) in [6, 6.07) is 6.39. The Balaban J connectivity index is 2.12. The normalized spacial score (nSPS) is 16.8. The van der Waals surface area contributed by atoms with Gasteiger partial charge in [0.05, 0.1) is 11.5 Å². The van der Waals surface area contributed by atoms with E-state index in [4.69, 9.17) is 5.11 Å². The Morgan fingerprint density at radius 3 is 2.33 bits per heavy atom. The predicted octanol–water partition coefficient (Wildman–Crippen LogP) is 1.60. The van der Waals surface area contributed by atoms with Gasteiger partial charge in [-0.1, -0.05) is 18.6 Å². The molecule has 0 amide bonds. The van der Waals surface area contributed by atoms with Crippen LogP contribution in [0.5, 0.6) is 0 Å². The van der Waals surface area contributed by atoms with Crippen molar-refractivity contribution >= 4 is 10.0 Å². The van der Waals surface area contributed by atoms with Gasteiger partial charge in [-0.25, -0.2) is 12.7 Å². The smallest absolute Gasteiger partial charge is 0.242 e. The fourth-order valence-corrected chi connectivity index (χ4v) is 3.33. The first-order chi connectivity index (χ1) is 8.54. The molecule has 100 valence electrons. The van der Waals surface area contributed by atoms with Gasteiger partial charge in [-0.15, -0.1) is 0 Å². The van der Waals surface area contributed by atoms with Crippen molar-refractivity contribution in [3.63, 3.8) is 0 Å². The van der Waals surface area contributed by atoms with Crippen LogP contribution in [0, 0.1) is 5.92 Å². The maximum Gasteiger partial charge on any atom is 0.242 e. The number of sulfonamides is 1. The van der Waals surface area contributed by atoms with Gasteiger partial charge < -0.3 is 5.11 Å². The molecule has 0 aliphatic heterocycles. The Morgan fingerprint density at radius 2 is 1.89 bits per heavy atom. The van der Waals surface area contributed by atoms with Crippen LogP contribution in [0.15, 0.2) is 29.2 Å². The van der Waals surface area contributed by atoms with Crippen LogP contribution in [0.25, 0.3) is 0 Å². The van der Waals surface area contributed by atoms with E-state index >= 15 is 0 Å². The molecule has 0 saturated heterocycles. The van der Waals surface area contributed by atoms with Crippen molar-refractivity contribution in [2.24, 2.45) is 5.92 Å². The highest BCUT2D eigenvalue weighted by molar-refractivity contribution is 7.89. The highest BCUT2D eigenvalue weighted by Gasteiger charge is 2.26. The molecule has 5 heteroatoms. The minimum atomic E-state index is -3.38. The highest BCUT2D eigenvalue weighted by atomic mass is 32.2. The average molecular weight is 269 g/mol. The highest BCUT2D eigenvalue weighted by Crippen LogP contribution is 2.28. The molecule has 1 N–H and O–H groups in total. The molecule has 1 fully saturated rings. The van der Waals surface area contributed by atoms with Gasteiger partial charge in [0.25, 0.3) is 0 Å². The van der Waals surface area contributed by atoms with E-state index in [1.54, 1.807) is 31.3 Å². The summed E-state index contributed by atoms with van der Waals surface area (Å²) in [6.45, 7) is 0.530. The number of nitrogens with zero attached hydrogens (tertiary/aromatic N) is 1. The zero-order valence-corrected chi connectivity index (χ0v) is 11.4. The zero-order valence-electron chi connectivity index (χ0n) is 10.5. The standard InChI is InChI=1S/C13H19NO3S/c1-14(9-11-3-2-4-11)18(16,17)13-7-5-12(10-15)6-8-13/h5-8,11,15H,2-4,9-10H2,1H3. The van der Waals surface area contributed by atoms with Gasteiger partial charge >= 0.3 is 0 Å². The number of hydrogen-bond donors (Lipinski definition) is 1. The third kappa shape index (κ3) is 2.74. The molecule has 1 aromatic carbocycles. The Morgan fingerprint density at radius 1 is 1.28 bits per heavy atom. The molecule has 1 saturated carbocycles. The molecule has 0 spiro atoms. The van der Waals surface area contributed by atoms with Crippen molar-refractivity contribution in [3.8, 4) is 0 Å². The van der Waals surface area contributed by atoms with E-state index in [9.17, 15) is 8.42 Å². The summed E-state index contributed by atoms with van der Waals surface area (Å²) < 4.78 is 26.0. The molecule has 0 bridgehead atoms. The SMILES string of the molecule is CN(CC1CCC1)S(=O)(=O)c1ccc(CO)cc1.